The highest BCUT2D eigenvalue weighted by Gasteiger charge is 2.17. The highest BCUT2D eigenvalue weighted by molar-refractivity contribution is 7.72. The summed E-state index contributed by atoms with van der Waals surface area (Å²) in [5, 5.41) is 10.3. The summed E-state index contributed by atoms with van der Waals surface area (Å²) in [7, 11) is -2.78. The fraction of sp³-hybridized carbons (Fsp3) is 0.200. The van der Waals surface area contributed by atoms with Crippen molar-refractivity contribution in [2.45, 2.75) is 31.6 Å². The van der Waals surface area contributed by atoms with Gasteiger partial charge in [0.2, 0.25) is 5.88 Å². The van der Waals surface area contributed by atoms with Gasteiger partial charge in [0.1, 0.15) is 11.6 Å². The molecule has 146 valence electrons. The standard InChI is InChI=1S/C20H18FNO5S/c1-3-12-7-16(28(25)26)10-22-20(12)27-19-11(2)14(8-18(23)24)6-13-4-5-15(21)9-17(13)19/h4-7,9-10,28H,3,8H2,1-2H3,(H,23,24). The van der Waals surface area contributed by atoms with Crippen molar-refractivity contribution in [2.75, 3.05) is 0 Å². The summed E-state index contributed by atoms with van der Waals surface area (Å²) in [6, 6.07) is 7.34. The van der Waals surface area contributed by atoms with E-state index in [1.807, 2.05) is 6.92 Å². The number of rotatable bonds is 6. The van der Waals surface area contributed by atoms with E-state index in [4.69, 9.17) is 4.74 Å². The van der Waals surface area contributed by atoms with Crippen molar-refractivity contribution >= 4 is 27.4 Å². The first-order valence-electron chi connectivity index (χ1n) is 8.54. The number of aliphatic carboxylic acids is 1. The predicted molar refractivity (Wildman–Crippen MR) is 102 cm³/mol. The predicted octanol–water partition coefficient (Wildman–Crippen LogP) is 3.63. The molecule has 8 heteroatoms. The van der Waals surface area contributed by atoms with Gasteiger partial charge in [-0.05, 0) is 48.1 Å². The summed E-state index contributed by atoms with van der Waals surface area (Å²) in [6.07, 6.45) is 1.46. The molecule has 1 heterocycles. The number of carboxylic acids is 1. The largest absolute Gasteiger partial charge is 0.481 e. The molecule has 0 aliphatic heterocycles. The Labute approximate surface area is 162 Å². The Kier molecular flexibility index (Phi) is 5.60. The molecular weight excluding hydrogens is 385 g/mol. The Morgan fingerprint density at radius 3 is 2.61 bits per heavy atom. The lowest BCUT2D eigenvalue weighted by atomic mass is 9.98. The fourth-order valence-corrected chi connectivity index (χ4v) is 3.41. The van der Waals surface area contributed by atoms with Crippen LogP contribution in [0.15, 0.2) is 41.4 Å². The van der Waals surface area contributed by atoms with Gasteiger partial charge >= 0.3 is 5.97 Å². The van der Waals surface area contributed by atoms with Crippen molar-refractivity contribution in [1.82, 2.24) is 4.98 Å². The summed E-state index contributed by atoms with van der Waals surface area (Å²) in [4.78, 5) is 15.4. The minimum Gasteiger partial charge on any atom is -0.481 e. The molecule has 0 saturated heterocycles. The van der Waals surface area contributed by atoms with Gasteiger partial charge in [-0.2, -0.15) is 0 Å². The lowest BCUT2D eigenvalue weighted by Gasteiger charge is -2.16. The van der Waals surface area contributed by atoms with Crippen LogP contribution in [-0.2, 0) is 28.3 Å². The van der Waals surface area contributed by atoms with Crippen LogP contribution >= 0.6 is 0 Å². The molecule has 0 aliphatic carbocycles. The van der Waals surface area contributed by atoms with Crippen molar-refractivity contribution < 1.29 is 27.4 Å². The van der Waals surface area contributed by atoms with Gasteiger partial charge in [0.05, 0.1) is 11.3 Å². The van der Waals surface area contributed by atoms with Crippen molar-refractivity contribution in [1.29, 1.82) is 0 Å². The first-order chi connectivity index (χ1) is 13.3. The summed E-state index contributed by atoms with van der Waals surface area (Å²) in [6.45, 7) is 3.53. The number of pyridine rings is 1. The zero-order valence-corrected chi connectivity index (χ0v) is 16.1. The molecule has 1 aromatic heterocycles. The number of fused-ring (bicyclic) bond motifs is 1. The third-order valence-electron chi connectivity index (χ3n) is 4.45. The van der Waals surface area contributed by atoms with E-state index in [2.05, 4.69) is 4.98 Å². The maximum absolute atomic E-state index is 13.9. The number of ether oxygens (including phenoxy) is 1. The van der Waals surface area contributed by atoms with E-state index in [1.54, 1.807) is 19.1 Å². The minimum absolute atomic E-state index is 0.0754. The maximum Gasteiger partial charge on any atom is 0.307 e. The second-order valence-corrected chi connectivity index (χ2v) is 7.33. The number of aryl methyl sites for hydroxylation is 1. The zero-order chi connectivity index (χ0) is 20.4. The smallest absolute Gasteiger partial charge is 0.307 e. The Balaban J connectivity index is 2.20. The van der Waals surface area contributed by atoms with Gasteiger partial charge in [-0.3, -0.25) is 4.79 Å². The molecule has 2 aromatic carbocycles. The second kappa shape index (κ2) is 7.93. The molecule has 3 rings (SSSR count). The molecule has 0 atom stereocenters. The molecule has 0 unspecified atom stereocenters. The monoisotopic (exact) mass is 403 g/mol. The van der Waals surface area contributed by atoms with Crippen molar-refractivity contribution in [2.24, 2.45) is 0 Å². The highest BCUT2D eigenvalue weighted by Crippen LogP contribution is 2.37. The van der Waals surface area contributed by atoms with Crippen LogP contribution < -0.4 is 4.74 Å². The first kappa shape index (κ1) is 19.8. The van der Waals surface area contributed by atoms with Gasteiger partial charge in [-0.25, -0.2) is 17.8 Å². The Morgan fingerprint density at radius 2 is 1.96 bits per heavy atom. The number of carboxylic acid groups (broad SMARTS) is 1. The molecule has 0 aliphatic rings. The number of benzene rings is 2. The average molecular weight is 403 g/mol. The SMILES string of the molecule is CCc1cc([SH](=O)=O)cnc1Oc1c(C)c(CC(=O)O)cc2ccc(F)cc12. The van der Waals surface area contributed by atoms with Crippen molar-refractivity contribution in [3.05, 3.63) is 59.0 Å². The molecular formula is C20H18FNO5S. The molecule has 3 aromatic rings. The van der Waals surface area contributed by atoms with E-state index in [1.165, 1.54) is 24.4 Å². The second-order valence-electron chi connectivity index (χ2n) is 6.30. The van der Waals surface area contributed by atoms with Gasteiger partial charge in [-0.1, -0.05) is 19.1 Å². The van der Waals surface area contributed by atoms with Gasteiger partial charge < -0.3 is 9.84 Å². The van der Waals surface area contributed by atoms with E-state index in [0.29, 0.717) is 39.6 Å². The average Bonchev–Trinajstić information content (AvgIpc) is 2.65. The molecule has 6 nitrogen and oxygen atoms in total. The van der Waals surface area contributed by atoms with Gasteiger partial charge in [0.15, 0.2) is 10.7 Å². The van der Waals surface area contributed by atoms with Crippen LogP contribution in [0.4, 0.5) is 4.39 Å². The number of hydrogen-bond acceptors (Lipinski definition) is 5. The molecule has 0 bridgehead atoms. The van der Waals surface area contributed by atoms with E-state index in [-0.39, 0.29) is 17.2 Å². The van der Waals surface area contributed by atoms with Crippen molar-refractivity contribution in [3.8, 4) is 11.6 Å². The van der Waals surface area contributed by atoms with Crippen LogP contribution in [0.5, 0.6) is 11.6 Å². The molecule has 0 fully saturated rings. The highest BCUT2D eigenvalue weighted by atomic mass is 32.2. The molecule has 0 saturated carbocycles. The molecule has 28 heavy (non-hydrogen) atoms. The summed E-state index contributed by atoms with van der Waals surface area (Å²) in [5.41, 5.74) is 1.67. The fourth-order valence-electron chi connectivity index (χ4n) is 3.00. The van der Waals surface area contributed by atoms with Gasteiger partial charge in [0.25, 0.3) is 0 Å². The van der Waals surface area contributed by atoms with Crippen LogP contribution in [0.3, 0.4) is 0 Å². The normalized spacial score (nSPS) is 11.1. The minimum atomic E-state index is -2.78. The summed E-state index contributed by atoms with van der Waals surface area (Å²) in [5.74, 6) is -0.949. The zero-order valence-electron chi connectivity index (χ0n) is 15.2. The third kappa shape index (κ3) is 3.96. The van der Waals surface area contributed by atoms with E-state index >= 15 is 0 Å². The molecule has 1 N–H and O–H groups in total. The lowest BCUT2D eigenvalue weighted by Crippen LogP contribution is -2.04. The molecule has 0 radical (unpaired) electrons. The number of halogens is 1. The Hall–Kier alpha value is -3.00. The van der Waals surface area contributed by atoms with Crippen LogP contribution in [0.25, 0.3) is 10.8 Å². The number of carbonyl (C=O) groups is 1. The third-order valence-corrected chi connectivity index (χ3v) is 5.12. The maximum atomic E-state index is 13.9. The topological polar surface area (TPSA) is 93.6 Å². The Morgan fingerprint density at radius 1 is 1.21 bits per heavy atom. The Bertz CT molecular complexity index is 1150. The molecule has 0 amide bonds. The van der Waals surface area contributed by atoms with Crippen molar-refractivity contribution in [3.63, 3.8) is 0 Å². The van der Waals surface area contributed by atoms with Crippen LogP contribution in [-0.4, -0.2) is 24.5 Å². The van der Waals surface area contributed by atoms with E-state index in [0.717, 1.165) is 0 Å². The number of aromatic nitrogens is 1. The van der Waals surface area contributed by atoms with E-state index < -0.39 is 22.5 Å². The number of nitrogens with zero attached hydrogens (tertiary/aromatic N) is 1. The van der Waals surface area contributed by atoms with Gasteiger partial charge in [0, 0.05) is 17.1 Å². The quantitative estimate of drug-likeness (QED) is 0.611. The van der Waals surface area contributed by atoms with E-state index in [9.17, 15) is 22.7 Å². The summed E-state index contributed by atoms with van der Waals surface area (Å²) < 4.78 is 42.3. The molecule has 0 spiro atoms. The number of thiol groups is 1. The van der Waals surface area contributed by atoms with Crippen LogP contribution in [0.1, 0.15) is 23.6 Å². The summed E-state index contributed by atoms with van der Waals surface area (Å²) >= 11 is 0. The van der Waals surface area contributed by atoms with Crippen LogP contribution in [0, 0.1) is 12.7 Å². The number of hydrogen-bond donors (Lipinski definition) is 2. The lowest BCUT2D eigenvalue weighted by molar-refractivity contribution is -0.136. The first-order valence-corrected chi connectivity index (χ1v) is 9.72. The van der Waals surface area contributed by atoms with Gasteiger partial charge in [-0.15, -0.1) is 0 Å². The van der Waals surface area contributed by atoms with Crippen LogP contribution in [0.2, 0.25) is 0 Å².